The second-order valence-corrected chi connectivity index (χ2v) is 6.45. The first-order chi connectivity index (χ1) is 12.0. The molecule has 2 aromatic rings. The Morgan fingerprint density at radius 1 is 1.04 bits per heavy atom. The summed E-state index contributed by atoms with van der Waals surface area (Å²) in [6.45, 7) is 3.95. The number of carbonyl (C=O) groups excluding carboxylic acids is 2. The van der Waals surface area contributed by atoms with Crippen molar-refractivity contribution in [2.45, 2.75) is 32.7 Å². The predicted octanol–water partition coefficient (Wildman–Crippen LogP) is 3.42. The van der Waals surface area contributed by atoms with Crippen LogP contribution in [0.1, 0.15) is 25.8 Å². The lowest BCUT2D eigenvalue weighted by Gasteiger charge is -2.36. The van der Waals surface area contributed by atoms with Crippen molar-refractivity contribution in [1.29, 1.82) is 0 Å². The van der Waals surface area contributed by atoms with Crippen LogP contribution in [0.15, 0.2) is 48.5 Å². The third kappa shape index (κ3) is 4.18. The maximum atomic E-state index is 12.5. The number of nitrogens with one attached hydrogen (secondary N) is 2. The van der Waals surface area contributed by atoms with Gasteiger partial charge in [0.1, 0.15) is 0 Å². The summed E-state index contributed by atoms with van der Waals surface area (Å²) in [5.74, 6) is -0.162. The average molecular weight is 337 g/mol. The number of amides is 2. The summed E-state index contributed by atoms with van der Waals surface area (Å²) in [6, 6.07) is 15.7. The van der Waals surface area contributed by atoms with Gasteiger partial charge in [-0.2, -0.15) is 0 Å². The lowest BCUT2D eigenvalue weighted by Crippen LogP contribution is -2.42. The van der Waals surface area contributed by atoms with E-state index in [0.717, 1.165) is 24.2 Å². The zero-order valence-electron chi connectivity index (χ0n) is 14.6. The van der Waals surface area contributed by atoms with Crippen molar-refractivity contribution in [3.05, 3.63) is 54.1 Å². The Morgan fingerprint density at radius 2 is 1.68 bits per heavy atom. The van der Waals surface area contributed by atoms with Crippen molar-refractivity contribution in [2.24, 2.45) is 0 Å². The lowest BCUT2D eigenvalue weighted by atomic mass is 9.96. The fourth-order valence-electron chi connectivity index (χ4n) is 3.20. The number of anilines is 3. The molecular weight excluding hydrogens is 314 g/mol. The van der Waals surface area contributed by atoms with Crippen molar-refractivity contribution in [1.82, 2.24) is 0 Å². The Labute approximate surface area is 148 Å². The van der Waals surface area contributed by atoms with Crippen molar-refractivity contribution in [2.75, 3.05) is 22.1 Å². The molecular formula is C20H23N3O2. The number of fused-ring (bicyclic) bond motifs is 1. The Morgan fingerprint density at radius 3 is 2.36 bits per heavy atom. The average Bonchev–Trinajstić information content (AvgIpc) is 2.59. The molecule has 0 aromatic heterocycles. The molecule has 5 nitrogen and oxygen atoms in total. The lowest BCUT2D eigenvalue weighted by molar-refractivity contribution is -0.115. The van der Waals surface area contributed by atoms with Crippen LogP contribution < -0.4 is 15.5 Å². The number of benzene rings is 2. The van der Waals surface area contributed by atoms with E-state index in [1.54, 1.807) is 24.3 Å². The second-order valence-electron chi connectivity index (χ2n) is 6.45. The molecule has 1 heterocycles. The van der Waals surface area contributed by atoms with Crippen LogP contribution in [0.4, 0.5) is 17.1 Å². The molecule has 1 aliphatic rings. The minimum atomic E-state index is -0.116. The van der Waals surface area contributed by atoms with Crippen molar-refractivity contribution in [3.63, 3.8) is 0 Å². The van der Waals surface area contributed by atoms with Gasteiger partial charge in [-0.15, -0.1) is 0 Å². The van der Waals surface area contributed by atoms with Gasteiger partial charge in [0, 0.05) is 30.0 Å². The van der Waals surface area contributed by atoms with Crippen molar-refractivity contribution in [3.8, 4) is 0 Å². The Hall–Kier alpha value is -2.82. The molecule has 0 saturated carbocycles. The summed E-state index contributed by atoms with van der Waals surface area (Å²) >= 11 is 0. The molecule has 3 rings (SSSR count). The molecule has 0 fully saturated rings. The Bertz CT molecular complexity index is 771. The molecule has 0 bridgehead atoms. The van der Waals surface area contributed by atoms with E-state index in [1.807, 2.05) is 12.1 Å². The zero-order chi connectivity index (χ0) is 17.8. The minimum absolute atomic E-state index is 0.0455. The number of hydrogen-bond donors (Lipinski definition) is 2. The first kappa shape index (κ1) is 17.0. The van der Waals surface area contributed by atoms with Gasteiger partial charge in [0.05, 0.1) is 6.54 Å². The molecule has 0 aliphatic carbocycles. The standard InChI is InChI=1S/C20H23N3O2/c1-14-7-8-16-5-3-4-6-19(16)23(14)13-20(25)22-18-11-9-17(10-12-18)21-15(2)24/h3-6,9-12,14H,7-8,13H2,1-2H3,(H,21,24)(H,22,25)/t14-/m0/s1. The number of para-hydroxylation sites is 1. The van der Waals surface area contributed by atoms with Crippen LogP contribution in [0, 0.1) is 0 Å². The molecule has 2 aromatic carbocycles. The van der Waals surface area contributed by atoms with Crippen LogP contribution in [0.3, 0.4) is 0 Å². The van der Waals surface area contributed by atoms with Crippen molar-refractivity contribution >= 4 is 28.9 Å². The van der Waals surface area contributed by atoms with Crippen molar-refractivity contribution < 1.29 is 9.59 Å². The number of aryl methyl sites for hydroxylation is 1. The van der Waals surface area contributed by atoms with E-state index in [2.05, 4.69) is 34.6 Å². The Balaban J connectivity index is 1.65. The number of carbonyl (C=O) groups is 2. The molecule has 1 atom stereocenters. The molecule has 5 heteroatoms. The summed E-state index contributed by atoms with van der Waals surface area (Å²) in [5, 5.41) is 5.64. The molecule has 0 spiro atoms. The predicted molar refractivity (Wildman–Crippen MR) is 101 cm³/mol. The van der Waals surface area contributed by atoms with E-state index in [-0.39, 0.29) is 11.8 Å². The summed E-state index contributed by atoms with van der Waals surface area (Å²) in [5.41, 5.74) is 3.88. The SMILES string of the molecule is CC(=O)Nc1ccc(NC(=O)CN2c3ccccc3CC[C@@H]2C)cc1. The minimum Gasteiger partial charge on any atom is -0.359 e. The molecule has 0 radical (unpaired) electrons. The molecule has 0 unspecified atom stereocenters. The van der Waals surface area contributed by atoms with Gasteiger partial charge in [0.15, 0.2) is 0 Å². The van der Waals surface area contributed by atoms with E-state index in [4.69, 9.17) is 0 Å². The summed E-state index contributed by atoms with van der Waals surface area (Å²) in [4.78, 5) is 25.7. The fourth-order valence-corrected chi connectivity index (χ4v) is 3.20. The molecule has 2 amide bonds. The van der Waals surface area contributed by atoms with Gasteiger partial charge in [-0.3, -0.25) is 9.59 Å². The van der Waals surface area contributed by atoms with Gasteiger partial charge >= 0.3 is 0 Å². The number of rotatable bonds is 4. The molecule has 1 aliphatic heterocycles. The monoisotopic (exact) mass is 337 g/mol. The highest BCUT2D eigenvalue weighted by molar-refractivity contribution is 5.95. The van der Waals surface area contributed by atoms with Gasteiger partial charge in [-0.05, 0) is 55.7 Å². The van der Waals surface area contributed by atoms with Crippen LogP contribution in [0.25, 0.3) is 0 Å². The number of nitrogens with zero attached hydrogens (tertiary/aromatic N) is 1. The third-order valence-electron chi connectivity index (χ3n) is 4.47. The summed E-state index contributed by atoms with van der Waals surface area (Å²) in [6.07, 6.45) is 2.11. The van der Waals surface area contributed by atoms with E-state index in [0.29, 0.717) is 18.3 Å². The zero-order valence-corrected chi connectivity index (χ0v) is 14.6. The molecule has 25 heavy (non-hydrogen) atoms. The van der Waals surface area contributed by atoms with Gasteiger partial charge in [0.2, 0.25) is 11.8 Å². The van der Waals surface area contributed by atoms with E-state index in [1.165, 1.54) is 12.5 Å². The van der Waals surface area contributed by atoms with E-state index < -0.39 is 0 Å². The fraction of sp³-hybridized carbons (Fsp3) is 0.300. The normalized spacial score (nSPS) is 16.1. The third-order valence-corrected chi connectivity index (χ3v) is 4.47. The van der Waals surface area contributed by atoms with Gasteiger partial charge in [-0.1, -0.05) is 18.2 Å². The molecule has 2 N–H and O–H groups in total. The number of hydrogen-bond acceptors (Lipinski definition) is 3. The van der Waals surface area contributed by atoms with Crippen LogP contribution in [0.2, 0.25) is 0 Å². The van der Waals surface area contributed by atoms with E-state index in [9.17, 15) is 9.59 Å². The maximum absolute atomic E-state index is 12.5. The summed E-state index contributed by atoms with van der Waals surface area (Å²) in [7, 11) is 0. The van der Waals surface area contributed by atoms with E-state index >= 15 is 0 Å². The summed E-state index contributed by atoms with van der Waals surface area (Å²) < 4.78 is 0. The molecule has 130 valence electrons. The highest BCUT2D eigenvalue weighted by Gasteiger charge is 2.24. The highest BCUT2D eigenvalue weighted by Crippen LogP contribution is 2.30. The molecule has 0 saturated heterocycles. The second kappa shape index (κ2) is 7.38. The Kier molecular flexibility index (Phi) is 5.03. The maximum Gasteiger partial charge on any atom is 0.243 e. The van der Waals surface area contributed by atoms with Gasteiger partial charge in [0.25, 0.3) is 0 Å². The van der Waals surface area contributed by atoms with Crippen LogP contribution >= 0.6 is 0 Å². The highest BCUT2D eigenvalue weighted by atomic mass is 16.2. The smallest absolute Gasteiger partial charge is 0.243 e. The van der Waals surface area contributed by atoms with Gasteiger partial charge < -0.3 is 15.5 Å². The van der Waals surface area contributed by atoms with Crippen LogP contribution in [-0.4, -0.2) is 24.4 Å². The first-order valence-electron chi connectivity index (χ1n) is 8.55. The largest absolute Gasteiger partial charge is 0.359 e. The quantitative estimate of drug-likeness (QED) is 0.898. The van der Waals surface area contributed by atoms with Crippen LogP contribution in [-0.2, 0) is 16.0 Å². The first-order valence-corrected chi connectivity index (χ1v) is 8.55. The van der Waals surface area contributed by atoms with Gasteiger partial charge in [-0.25, -0.2) is 0 Å². The van der Waals surface area contributed by atoms with Crippen LogP contribution in [0.5, 0.6) is 0 Å². The topological polar surface area (TPSA) is 61.4 Å².